The highest BCUT2D eigenvalue weighted by atomic mass is 32.2. The number of benzene rings is 1. The summed E-state index contributed by atoms with van der Waals surface area (Å²) in [4.78, 5) is 3.60. The summed E-state index contributed by atoms with van der Waals surface area (Å²) in [5, 5.41) is 3.35. The van der Waals surface area contributed by atoms with Crippen molar-refractivity contribution in [3.63, 3.8) is 0 Å². The van der Waals surface area contributed by atoms with Crippen molar-refractivity contribution < 1.29 is 4.39 Å². The van der Waals surface area contributed by atoms with Crippen LogP contribution in [0.4, 0.5) is 4.39 Å². The molecule has 0 heterocycles. The monoisotopic (exact) mass is 298 g/mol. The van der Waals surface area contributed by atoms with Gasteiger partial charge in [0.15, 0.2) is 0 Å². The highest BCUT2D eigenvalue weighted by Crippen LogP contribution is 2.23. The van der Waals surface area contributed by atoms with E-state index in [1.54, 1.807) is 12.1 Å². The van der Waals surface area contributed by atoms with Crippen LogP contribution in [0.15, 0.2) is 23.1 Å². The molecule has 2 nitrogen and oxygen atoms in total. The molecule has 0 atom stereocenters. The first-order valence-electron chi connectivity index (χ1n) is 7.55. The molecule has 0 aliphatic carbocycles. The molecule has 1 N–H and O–H groups in total. The maximum absolute atomic E-state index is 13.4. The molecule has 0 unspecified atom stereocenters. The largest absolute Gasteiger partial charge is 0.313 e. The number of nitrogens with one attached hydrogen (secondary N) is 1. The van der Waals surface area contributed by atoms with Crippen LogP contribution in [0.3, 0.4) is 0 Å². The highest BCUT2D eigenvalue weighted by molar-refractivity contribution is 7.99. The van der Waals surface area contributed by atoms with Gasteiger partial charge in [0.2, 0.25) is 0 Å². The van der Waals surface area contributed by atoms with E-state index < -0.39 is 0 Å². The molecule has 0 aliphatic rings. The fourth-order valence-corrected chi connectivity index (χ4v) is 3.10. The second-order valence-electron chi connectivity index (χ2n) is 4.80. The van der Waals surface area contributed by atoms with Gasteiger partial charge in [-0.15, -0.1) is 11.8 Å². The topological polar surface area (TPSA) is 15.3 Å². The van der Waals surface area contributed by atoms with Crippen LogP contribution in [0.25, 0.3) is 0 Å². The SMILES string of the molecule is CCCNCc1cc(F)ccc1SCCN(CC)CC. The summed E-state index contributed by atoms with van der Waals surface area (Å²) in [5.41, 5.74) is 1.07. The van der Waals surface area contributed by atoms with Gasteiger partial charge in [0, 0.05) is 23.7 Å². The van der Waals surface area contributed by atoms with E-state index in [0.717, 1.165) is 50.5 Å². The van der Waals surface area contributed by atoms with Gasteiger partial charge in [-0.05, 0) is 49.8 Å². The Labute approximate surface area is 127 Å². The van der Waals surface area contributed by atoms with E-state index in [1.807, 2.05) is 17.8 Å². The Morgan fingerprint density at radius 3 is 2.60 bits per heavy atom. The lowest BCUT2D eigenvalue weighted by Crippen LogP contribution is -2.25. The quantitative estimate of drug-likeness (QED) is 0.523. The summed E-state index contributed by atoms with van der Waals surface area (Å²) in [6, 6.07) is 5.12. The fraction of sp³-hybridized carbons (Fsp3) is 0.625. The maximum atomic E-state index is 13.4. The van der Waals surface area contributed by atoms with Gasteiger partial charge < -0.3 is 10.2 Å². The van der Waals surface area contributed by atoms with Crippen molar-refractivity contribution in [2.24, 2.45) is 0 Å². The van der Waals surface area contributed by atoms with Crippen LogP contribution >= 0.6 is 11.8 Å². The Morgan fingerprint density at radius 2 is 1.95 bits per heavy atom. The second-order valence-corrected chi connectivity index (χ2v) is 5.94. The second kappa shape index (κ2) is 10.2. The third-order valence-electron chi connectivity index (χ3n) is 3.32. The Bertz CT molecular complexity index is 381. The molecule has 114 valence electrons. The molecule has 1 aromatic rings. The molecule has 1 rings (SSSR count). The molecule has 0 aromatic heterocycles. The minimum atomic E-state index is -0.147. The predicted octanol–water partition coefficient (Wildman–Crippen LogP) is 3.76. The minimum Gasteiger partial charge on any atom is -0.313 e. The molecule has 0 saturated carbocycles. The lowest BCUT2D eigenvalue weighted by atomic mass is 10.2. The number of rotatable bonds is 10. The van der Waals surface area contributed by atoms with E-state index in [0.29, 0.717) is 0 Å². The van der Waals surface area contributed by atoms with Crippen LogP contribution in [0, 0.1) is 5.82 Å². The summed E-state index contributed by atoms with van der Waals surface area (Å²) in [6.45, 7) is 11.5. The molecular weight excluding hydrogens is 271 g/mol. The van der Waals surface area contributed by atoms with Gasteiger partial charge in [-0.1, -0.05) is 20.8 Å². The molecule has 0 radical (unpaired) electrons. The van der Waals surface area contributed by atoms with Crippen LogP contribution in [0.2, 0.25) is 0 Å². The summed E-state index contributed by atoms with van der Waals surface area (Å²) in [5.74, 6) is 0.903. The van der Waals surface area contributed by atoms with Crippen LogP contribution in [-0.4, -0.2) is 36.8 Å². The Hall–Kier alpha value is -0.580. The van der Waals surface area contributed by atoms with E-state index >= 15 is 0 Å². The third-order valence-corrected chi connectivity index (χ3v) is 4.42. The molecular formula is C16H27FN2S. The van der Waals surface area contributed by atoms with Crippen LogP contribution in [0.1, 0.15) is 32.8 Å². The zero-order valence-corrected chi connectivity index (χ0v) is 13.7. The summed E-state index contributed by atoms with van der Waals surface area (Å²) < 4.78 is 13.4. The predicted molar refractivity (Wildman–Crippen MR) is 86.9 cm³/mol. The summed E-state index contributed by atoms with van der Waals surface area (Å²) >= 11 is 1.82. The summed E-state index contributed by atoms with van der Waals surface area (Å²) in [6.07, 6.45) is 1.10. The van der Waals surface area contributed by atoms with Gasteiger partial charge in [0.25, 0.3) is 0 Å². The van der Waals surface area contributed by atoms with E-state index in [4.69, 9.17) is 0 Å². The van der Waals surface area contributed by atoms with Gasteiger partial charge in [-0.25, -0.2) is 4.39 Å². The minimum absolute atomic E-state index is 0.147. The lowest BCUT2D eigenvalue weighted by Gasteiger charge is -2.18. The summed E-state index contributed by atoms with van der Waals surface area (Å²) in [7, 11) is 0. The van der Waals surface area contributed by atoms with Gasteiger partial charge in [0.05, 0.1) is 0 Å². The molecule has 0 saturated heterocycles. The molecule has 4 heteroatoms. The molecule has 0 fully saturated rings. The van der Waals surface area contributed by atoms with Crippen LogP contribution < -0.4 is 5.32 Å². The zero-order chi connectivity index (χ0) is 14.8. The number of nitrogens with zero attached hydrogens (tertiary/aromatic N) is 1. The Kier molecular flexibility index (Phi) is 8.90. The molecule has 0 spiro atoms. The zero-order valence-electron chi connectivity index (χ0n) is 12.9. The number of hydrogen-bond acceptors (Lipinski definition) is 3. The van der Waals surface area contributed by atoms with Crippen molar-refractivity contribution in [2.45, 2.75) is 38.6 Å². The first-order chi connectivity index (χ1) is 9.71. The van der Waals surface area contributed by atoms with Gasteiger partial charge in [0.1, 0.15) is 5.82 Å². The van der Waals surface area contributed by atoms with Crippen LogP contribution in [-0.2, 0) is 6.54 Å². The standard InChI is InChI=1S/C16H27FN2S/c1-4-9-18-13-14-12-15(17)7-8-16(14)20-11-10-19(5-2)6-3/h7-8,12,18H,4-6,9-11,13H2,1-3H3. The third kappa shape index (κ3) is 6.25. The van der Waals surface area contributed by atoms with E-state index in [1.165, 1.54) is 4.90 Å². The highest BCUT2D eigenvalue weighted by Gasteiger charge is 2.06. The van der Waals surface area contributed by atoms with Crippen molar-refractivity contribution in [1.29, 1.82) is 0 Å². The maximum Gasteiger partial charge on any atom is 0.123 e. The van der Waals surface area contributed by atoms with Crippen molar-refractivity contribution >= 4 is 11.8 Å². The van der Waals surface area contributed by atoms with Crippen molar-refractivity contribution in [3.05, 3.63) is 29.6 Å². The molecule has 1 aromatic carbocycles. The van der Waals surface area contributed by atoms with Gasteiger partial charge >= 0.3 is 0 Å². The van der Waals surface area contributed by atoms with E-state index in [2.05, 4.69) is 31.0 Å². The number of halogens is 1. The lowest BCUT2D eigenvalue weighted by molar-refractivity contribution is 0.324. The van der Waals surface area contributed by atoms with E-state index in [-0.39, 0.29) is 5.82 Å². The van der Waals surface area contributed by atoms with Crippen molar-refractivity contribution in [2.75, 3.05) is 31.9 Å². The van der Waals surface area contributed by atoms with E-state index in [9.17, 15) is 4.39 Å². The van der Waals surface area contributed by atoms with Gasteiger partial charge in [-0.2, -0.15) is 0 Å². The van der Waals surface area contributed by atoms with Crippen molar-refractivity contribution in [3.8, 4) is 0 Å². The first-order valence-corrected chi connectivity index (χ1v) is 8.54. The molecule has 20 heavy (non-hydrogen) atoms. The molecule has 0 aliphatic heterocycles. The number of thioether (sulfide) groups is 1. The Balaban J connectivity index is 2.54. The number of hydrogen-bond donors (Lipinski definition) is 1. The Morgan fingerprint density at radius 1 is 1.20 bits per heavy atom. The normalized spacial score (nSPS) is 11.2. The average molecular weight is 298 g/mol. The smallest absolute Gasteiger partial charge is 0.123 e. The molecule has 0 amide bonds. The van der Waals surface area contributed by atoms with Crippen molar-refractivity contribution in [1.82, 2.24) is 10.2 Å². The first kappa shape index (κ1) is 17.5. The molecule has 0 bridgehead atoms. The fourth-order valence-electron chi connectivity index (χ4n) is 2.05. The van der Waals surface area contributed by atoms with Gasteiger partial charge in [-0.3, -0.25) is 0 Å². The van der Waals surface area contributed by atoms with Crippen LogP contribution in [0.5, 0.6) is 0 Å². The average Bonchev–Trinajstić information content (AvgIpc) is 2.46.